The summed E-state index contributed by atoms with van der Waals surface area (Å²) < 4.78 is 0. The predicted octanol–water partition coefficient (Wildman–Crippen LogP) is 4.16. The van der Waals surface area contributed by atoms with Crippen LogP contribution in [0.2, 0.25) is 0 Å². The van der Waals surface area contributed by atoms with E-state index in [9.17, 15) is 4.79 Å². The summed E-state index contributed by atoms with van der Waals surface area (Å²) in [6, 6.07) is 14.9. The number of piperidine rings is 1. The summed E-state index contributed by atoms with van der Waals surface area (Å²) in [6.07, 6.45) is 3.98. The lowest BCUT2D eigenvalue weighted by Gasteiger charge is -2.35. The molecular weight excluding hydrogens is 326 g/mol. The largest absolute Gasteiger partial charge is 0.339 e. The standard InChI is InChI=1S/C18H20BrNO/c19-13-16-9-3-4-11-20(16)18(21)12-15-8-5-7-14-6-1-2-10-17(14)15/h1-2,5-8,10,16H,3-4,9,11-13H2. The van der Waals surface area contributed by atoms with Crippen LogP contribution in [0, 0.1) is 0 Å². The molecule has 21 heavy (non-hydrogen) atoms. The normalized spacial score (nSPS) is 18.9. The number of alkyl halides is 1. The molecule has 0 saturated carbocycles. The third-order valence-electron chi connectivity index (χ3n) is 4.35. The average molecular weight is 346 g/mol. The monoisotopic (exact) mass is 345 g/mol. The molecule has 2 nitrogen and oxygen atoms in total. The summed E-state index contributed by atoms with van der Waals surface area (Å²) in [5.74, 6) is 0.260. The maximum absolute atomic E-state index is 12.7. The van der Waals surface area contributed by atoms with Crippen LogP contribution in [0.3, 0.4) is 0 Å². The molecule has 1 unspecified atom stereocenters. The van der Waals surface area contributed by atoms with E-state index in [-0.39, 0.29) is 5.91 Å². The number of benzene rings is 2. The maximum Gasteiger partial charge on any atom is 0.227 e. The highest BCUT2D eigenvalue weighted by Crippen LogP contribution is 2.23. The van der Waals surface area contributed by atoms with E-state index in [0.717, 1.165) is 30.3 Å². The fourth-order valence-corrected chi connectivity index (χ4v) is 3.87. The lowest BCUT2D eigenvalue weighted by molar-refractivity contribution is -0.133. The predicted molar refractivity (Wildman–Crippen MR) is 90.8 cm³/mol. The highest BCUT2D eigenvalue weighted by Gasteiger charge is 2.25. The second-order valence-corrected chi connectivity index (χ2v) is 6.35. The van der Waals surface area contributed by atoms with Crippen molar-refractivity contribution in [1.29, 1.82) is 0 Å². The van der Waals surface area contributed by atoms with Gasteiger partial charge in [0, 0.05) is 17.9 Å². The molecule has 0 spiro atoms. The molecule has 0 bridgehead atoms. The molecule has 2 aromatic rings. The minimum absolute atomic E-state index is 0.260. The highest BCUT2D eigenvalue weighted by atomic mass is 79.9. The number of likely N-dealkylation sites (tertiary alicyclic amines) is 1. The molecule has 3 heteroatoms. The van der Waals surface area contributed by atoms with E-state index in [4.69, 9.17) is 0 Å². The Morgan fingerprint density at radius 1 is 1.14 bits per heavy atom. The first-order valence-corrected chi connectivity index (χ1v) is 8.74. The number of amides is 1. The van der Waals surface area contributed by atoms with Crippen LogP contribution < -0.4 is 0 Å². The fraction of sp³-hybridized carbons (Fsp3) is 0.389. The maximum atomic E-state index is 12.7. The van der Waals surface area contributed by atoms with Crippen molar-refractivity contribution < 1.29 is 4.79 Å². The minimum Gasteiger partial charge on any atom is -0.339 e. The number of carbonyl (C=O) groups excluding carboxylic acids is 1. The lowest BCUT2D eigenvalue weighted by Crippen LogP contribution is -2.45. The number of rotatable bonds is 3. The van der Waals surface area contributed by atoms with Crippen LogP contribution in [0.25, 0.3) is 10.8 Å². The summed E-state index contributed by atoms with van der Waals surface area (Å²) in [4.78, 5) is 14.8. The molecule has 1 aliphatic heterocycles. The van der Waals surface area contributed by atoms with Crippen molar-refractivity contribution in [3.8, 4) is 0 Å². The zero-order valence-corrected chi connectivity index (χ0v) is 13.7. The Hall–Kier alpha value is -1.35. The van der Waals surface area contributed by atoms with Gasteiger partial charge in [0.15, 0.2) is 0 Å². The topological polar surface area (TPSA) is 20.3 Å². The molecule has 1 heterocycles. The van der Waals surface area contributed by atoms with Crippen molar-refractivity contribution in [2.24, 2.45) is 0 Å². The van der Waals surface area contributed by atoms with Gasteiger partial charge >= 0.3 is 0 Å². The molecule has 0 N–H and O–H groups in total. The molecule has 0 aromatic heterocycles. The molecule has 2 aromatic carbocycles. The third-order valence-corrected chi connectivity index (χ3v) is 5.09. The summed E-state index contributed by atoms with van der Waals surface area (Å²) >= 11 is 3.55. The number of carbonyl (C=O) groups is 1. The van der Waals surface area contributed by atoms with Crippen molar-refractivity contribution in [1.82, 2.24) is 4.90 Å². The molecule has 1 amide bonds. The van der Waals surface area contributed by atoms with Gasteiger partial charge in [-0.25, -0.2) is 0 Å². The molecule has 1 atom stereocenters. The van der Waals surface area contributed by atoms with Crippen LogP contribution in [0.5, 0.6) is 0 Å². The van der Waals surface area contributed by atoms with E-state index < -0.39 is 0 Å². The van der Waals surface area contributed by atoms with Gasteiger partial charge in [0.1, 0.15) is 0 Å². The summed E-state index contributed by atoms with van der Waals surface area (Å²) in [5.41, 5.74) is 1.14. The SMILES string of the molecule is O=C(Cc1cccc2ccccc12)N1CCCCC1CBr. The zero-order chi connectivity index (χ0) is 14.7. The number of nitrogens with zero attached hydrogens (tertiary/aromatic N) is 1. The van der Waals surface area contributed by atoms with Crippen LogP contribution in [-0.4, -0.2) is 28.7 Å². The smallest absolute Gasteiger partial charge is 0.227 e. The van der Waals surface area contributed by atoms with Gasteiger partial charge in [-0.15, -0.1) is 0 Å². The summed E-state index contributed by atoms with van der Waals surface area (Å²) in [6.45, 7) is 0.903. The van der Waals surface area contributed by atoms with E-state index in [1.165, 1.54) is 17.2 Å². The Labute approximate surface area is 134 Å². The Bertz CT molecular complexity index is 635. The quantitative estimate of drug-likeness (QED) is 0.765. The van der Waals surface area contributed by atoms with Crippen molar-refractivity contribution in [3.63, 3.8) is 0 Å². The summed E-state index contributed by atoms with van der Waals surface area (Å²) in [5, 5.41) is 3.29. The van der Waals surface area contributed by atoms with Crippen LogP contribution >= 0.6 is 15.9 Å². The Kier molecular flexibility index (Phi) is 4.59. The molecule has 3 rings (SSSR count). The first-order chi connectivity index (χ1) is 10.3. The van der Waals surface area contributed by atoms with E-state index in [1.54, 1.807) is 0 Å². The van der Waals surface area contributed by atoms with Crippen molar-refractivity contribution in [3.05, 3.63) is 48.0 Å². The van der Waals surface area contributed by atoms with Crippen LogP contribution in [-0.2, 0) is 11.2 Å². The van der Waals surface area contributed by atoms with Gasteiger partial charge in [-0.2, -0.15) is 0 Å². The number of hydrogen-bond donors (Lipinski definition) is 0. The molecule has 110 valence electrons. The van der Waals surface area contributed by atoms with Crippen LogP contribution in [0.1, 0.15) is 24.8 Å². The van der Waals surface area contributed by atoms with Gasteiger partial charge in [-0.1, -0.05) is 58.4 Å². The van der Waals surface area contributed by atoms with Gasteiger partial charge in [-0.3, -0.25) is 4.79 Å². The average Bonchev–Trinajstić information content (AvgIpc) is 2.55. The van der Waals surface area contributed by atoms with Gasteiger partial charge in [0.2, 0.25) is 5.91 Å². The van der Waals surface area contributed by atoms with Gasteiger partial charge in [-0.05, 0) is 35.6 Å². The van der Waals surface area contributed by atoms with Crippen LogP contribution in [0.15, 0.2) is 42.5 Å². The molecule has 1 aliphatic rings. The zero-order valence-electron chi connectivity index (χ0n) is 12.1. The molecule has 0 radical (unpaired) electrons. The van der Waals surface area contributed by atoms with E-state index in [0.29, 0.717) is 12.5 Å². The first kappa shape index (κ1) is 14.6. The van der Waals surface area contributed by atoms with E-state index in [1.807, 2.05) is 18.2 Å². The fourth-order valence-electron chi connectivity index (χ4n) is 3.20. The van der Waals surface area contributed by atoms with Crippen LogP contribution in [0.4, 0.5) is 0 Å². The number of hydrogen-bond acceptors (Lipinski definition) is 1. The Morgan fingerprint density at radius 2 is 1.95 bits per heavy atom. The first-order valence-electron chi connectivity index (χ1n) is 7.61. The minimum atomic E-state index is 0.260. The van der Waals surface area contributed by atoms with Gasteiger partial charge < -0.3 is 4.90 Å². The molecule has 0 aliphatic carbocycles. The summed E-state index contributed by atoms with van der Waals surface area (Å²) in [7, 11) is 0. The molecule has 1 fully saturated rings. The Morgan fingerprint density at radius 3 is 2.81 bits per heavy atom. The van der Waals surface area contributed by atoms with Crippen molar-refractivity contribution in [2.45, 2.75) is 31.7 Å². The molecule has 1 saturated heterocycles. The van der Waals surface area contributed by atoms with Gasteiger partial charge in [0.05, 0.1) is 6.42 Å². The molecular formula is C18H20BrNO. The highest BCUT2D eigenvalue weighted by molar-refractivity contribution is 9.09. The third kappa shape index (κ3) is 3.13. The van der Waals surface area contributed by atoms with Gasteiger partial charge in [0.25, 0.3) is 0 Å². The second-order valence-electron chi connectivity index (χ2n) is 5.71. The van der Waals surface area contributed by atoms with Crippen molar-refractivity contribution in [2.75, 3.05) is 11.9 Å². The van der Waals surface area contributed by atoms with Crippen molar-refractivity contribution >= 4 is 32.6 Å². The lowest BCUT2D eigenvalue weighted by atomic mass is 9.99. The van der Waals surface area contributed by atoms with E-state index >= 15 is 0 Å². The van der Waals surface area contributed by atoms with E-state index in [2.05, 4.69) is 45.1 Å². The Balaban J connectivity index is 1.83. The second kappa shape index (κ2) is 6.61. The number of fused-ring (bicyclic) bond motifs is 1. The number of halogens is 1.